The van der Waals surface area contributed by atoms with Gasteiger partial charge in [0.1, 0.15) is 5.82 Å². The molecular formula is C22H37IN6. The van der Waals surface area contributed by atoms with Crippen molar-refractivity contribution in [2.75, 3.05) is 33.2 Å². The number of aromatic nitrogens is 2. The molecule has 2 N–H and O–H groups in total. The number of halogens is 1. The second-order valence-electron chi connectivity index (χ2n) is 6.90. The van der Waals surface area contributed by atoms with Gasteiger partial charge in [0, 0.05) is 39.1 Å². The second-order valence-corrected chi connectivity index (χ2v) is 6.90. The number of guanidine groups is 1. The van der Waals surface area contributed by atoms with Gasteiger partial charge in [-0.3, -0.25) is 9.89 Å². The summed E-state index contributed by atoms with van der Waals surface area (Å²) >= 11 is 0. The number of aryl methyl sites for hydroxylation is 2. The molecule has 0 amide bonds. The van der Waals surface area contributed by atoms with Crippen LogP contribution in [0.15, 0.2) is 47.7 Å². The molecule has 29 heavy (non-hydrogen) atoms. The maximum Gasteiger partial charge on any atom is 0.191 e. The standard InChI is InChI=1S/C22H36N6.HI/c1-5-27(6-2)21(20-12-8-7-9-13-20)18-26-22(23-4)25-14-10-11-16-28-17-15-24-19(28)3;/h7-9,12-13,15,17,21H,5-6,10-11,14,16,18H2,1-4H3,(H2,23,25,26);1H. The van der Waals surface area contributed by atoms with Crippen molar-refractivity contribution in [1.29, 1.82) is 0 Å². The molecule has 1 atom stereocenters. The number of aliphatic imine (C=N–C) groups is 1. The van der Waals surface area contributed by atoms with Crippen LogP contribution in [0.3, 0.4) is 0 Å². The number of unbranched alkanes of at least 4 members (excludes halogenated alkanes) is 1. The van der Waals surface area contributed by atoms with Crippen LogP contribution >= 0.6 is 24.0 Å². The summed E-state index contributed by atoms with van der Waals surface area (Å²) in [5, 5.41) is 6.95. The summed E-state index contributed by atoms with van der Waals surface area (Å²) < 4.78 is 2.20. The third-order valence-corrected chi connectivity index (χ3v) is 5.17. The van der Waals surface area contributed by atoms with Crippen molar-refractivity contribution in [2.24, 2.45) is 4.99 Å². The molecular weight excluding hydrogens is 475 g/mol. The van der Waals surface area contributed by atoms with Crippen molar-refractivity contribution < 1.29 is 0 Å². The highest BCUT2D eigenvalue weighted by atomic mass is 127. The first kappa shape index (κ1) is 25.4. The quantitative estimate of drug-likeness (QED) is 0.208. The Labute approximate surface area is 193 Å². The Kier molecular flexibility index (Phi) is 12.6. The molecule has 0 saturated heterocycles. The first-order chi connectivity index (χ1) is 13.7. The van der Waals surface area contributed by atoms with E-state index >= 15 is 0 Å². The minimum atomic E-state index is 0. The van der Waals surface area contributed by atoms with Gasteiger partial charge in [-0.05, 0) is 38.4 Å². The van der Waals surface area contributed by atoms with Crippen LogP contribution in [0.4, 0.5) is 0 Å². The lowest BCUT2D eigenvalue weighted by atomic mass is 10.1. The highest BCUT2D eigenvalue weighted by Crippen LogP contribution is 2.19. The number of hydrogen-bond donors (Lipinski definition) is 2. The predicted molar refractivity (Wildman–Crippen MR) is 133 cm³/mol. The van der Waals surface area contributed by atoms with E-state index in [4.69, 9.17) is 0 Å². The van der Waals surface area contributed by atoms with Crippen LogP contribution in [0, 0.1) is 6.92 Å². The summed E-state index contributed by atoms with van der Waals surface area (Å²) in [6, 6.07) is 11.0. The molecule has 0 bridgehead atoms. The molecule has 0 spiro atoms. The van der Waals surface area contributed by atoms with Crippen molar-refractivity contribution in [3.05, 3.63) is 54.1 Å². The summed E-state index contributed by atoms with van der Waals surface area (Å²) in [5.74, 6) is 1.95. The molecule has 1 aromatic heterocycles. The van der Waals surface area contributed by atoms with Gasteiger partial charge in [-0.25, -0.2) is 4.98 Å². The van der Waals surface area contributed by atoms with E-state index in [1.165, 1.54) is 5.56 Å². The number of hydrogen-bond acceptors (Lipinski definition) is 3. The highest BCUT2D eigenvalue weighted by Gasteiger charge is 2.18. The molecule has 0 aliphatic rings. The van der Waals surface area contributed by atoms with E-state index in [0.717, 1.165) is 57.3 Å². The molecule has 0 fully saturated rings. The van der Waals surface area contributed by atoms with E-state index in [2.05, 4.69) is 74.3 Å². The van der Waals surface area contributed by atoms with Crippen LogP contribution in [0.1, 0.15) is 44.1 Å². The van der Waals surface area contributed by atoms with Crippen molar-refractivity contribution >= 4 is 29.9 Å². The molecule has 1 aromatic carbocycles. The molecule has 1 heterocycles. The van der Waals surface area contributed by atoms with Crippen molar-refractivity contribution in [2.45, 2.75) is 46.2 Å². The third-order valence-electron chi connectivity index (χ3n) is 5.17. The predicted octanol–water partition coefficient (Wildman–Crippen LogP) is 3.84. The average Bonchev–Trinajstić information content (AvgIpc) is 3.14. The molecule has 0 aliphatic heterocycles. The fourth-order valence-corrected chi connectivity index (χ4v) is 3.47. The number of nitrogens with one attached hydrogen (secondary N) is 2. The normalized spacial score (nSPS) is 12.5. The molecule has 1 unspecified atom stereocenters. The topological polar surface area (TPSA) is 57.5 Å². The van der Waals surface area contributed by atoms with Gasteiger partial charge in [-0.2, -0.15) is 0 Å². The number of benzene rings is 1. The fraction of sp³-hybridized carbons (Fsp3) is 0.545. The summed E-state index contributed by atoms with van der Waals surface area (Å²) in [5.41, 5.74) is 1.34. The zero-order chi connectivity index (χ0) is 20.2. The third kappa shape index (κ3) is 8.34. The van der Waals surface area contributed by atoms with Gasteiger partial charge in [0.2, 0.25) is 0 Å². The molecule has 0 saturated carbocycles. The lowest BCUT2D eigenvalue weighted by Gasteiger charge is -2.30. The minimum absolute atomic E-state index is 0. The molecule has 0 radical (unpaired) electrons. The van der Waals surface area contributed by atoms with E-state index in [-0.39, 0.29) is 24.0 Å². The van der Waals surface area contributed by atoms with E-state index in [0.29, 0.717) is 6.04 Å². The summed E-state index contributed by atoms with van der Waals surface area (Å²) in [6.07, 6.45) is 6.11. The zero-order valence-corrected chi connectivity index (χ0v) is 20.6. The lowest BCUT2D eigenvalue weighted by Crippen LogP contribution is -2.43. The van der Waals surface area contributed by atoms with Gasteiger partial charge < -0.3 is 15.2 Å². The minimum Gasteiger partial charge on any atom is -0.356 e. The first-order valence-corrected chi connectivity index (χ1v) is 10.4. The Bertz CT molecular complexity index is 696. The summed E-state index contributed by atoms with van der Waals surface area (Å²) in [4.78, 5) is 11.1. The lowest BCUT2D eigenvalue weighted by molar-refractivity contribution is 0.219. The SMILES string of the molecule is CCN(CC)C(CNC(=NC)NCCCCn1ccnc1C)c1ccccc1.I. The number of rotatable bonds is 11. The molecule has 2 aromatic rings. The smallest absolute Gasteiger partial charge is 0.191 e. The molecule has 7 heteroatoms. The maximum atomic E-state index is 4.39. The number of imidazole rings is 1. The molecule has 6 nitrogen and oxygen atoms in total. The molecule has 0 aliphatic carbocycles. The van der Waals surface area contributed by atoms with Gasteiger partial charge in [0.15, 0.2) is 5.96 Å². The van der Waals surface area contributed by atoms with Gasteiger partial charge in [0.05, 0.1) is 6.04 Å². The number of likely N-dealkylation sites (N-methyl/N-ethyl adjacent to an activating group) is 1. The Balaban J connectivity index is 0.00000420. The first-order valence-electron chi connectivity index (χ1n) is 10.4. The monoisotopic (exact) mass is 512 g/mol. The van der Waals surface area contributed by atoms with E-state index in [9.17, 15) is 0 Å². The summed E-state index contributed by atoms with van der Waals surface area (Å²) in [6.45, 7) is 11.3. The Morgan fingerprint density at radius 1 is 1.14 bits per heavy atom. The Hall–Kier alpha value is -1.61. The van der Waals surface area contributed by atoms with E-state index < -0.39 is 0 Å². The Morgan fingerprint density at radius 3 is 2.45 bits per heavy atom. The van der Waals surface area contributed by atoms with Crippen LogP contribution < -0.4 is 10.6 Å². The fourth-order valence-electron chi connectivity index (χ4n) is 3.47. The van der Waals surface area contributed by atoms with E-state index in [1.807, 2.05) is 26.4 Å². The second kappa shape index (κ2) is 14.4. The Morgan fingerprint density at radius 2 is 1.86 bits per heavy atom. The highest BCUT2D eigenvalue weighted by molar-refractivity contribution is 14.0. The van der Waals surface area contributed by atoms with E-state index in [1.54, 1.807) is 0 Å². The van der Waals surface area contributed by atoms with Gasteiger partial charge in [-0.1, -0.05) is 44.2 Å². The average molecular weight is 512 g/mol. The van der Waals surface area contributed by atoms with Gasteiger partial charge in [0.25, 0.3) is 0 Å². The van der Waals surface area contributed by atoms with Crippen molar-refractivity contribution in [1.82, 2.24) is 25.1 Å². The van der Waals surface area contributed by atoms with Crippen LogP contribution in [-0.2, 0) is 6.54 Å². The van der Waals surface area contributed by atoms with Crippen molar-refractivity contribution in [3.63, 3.8) is 0 Å². The van der Waals surface area contributed by atoms with Crippen LogP contribution in [0.25, 0.3) is 0 Å². The molecule has 162 valence electrons. The largest absolute Gasteiger partial charge is 0.356 e. The number of nitrogens with zero attached hydrogens (tertiary/aromatic N) is 4. The molecule has 2 rings (SSSR count). The summed E-state index contributed by atoms with van der Waals surface area (Å²) in [7, 11) is 1.83. The van der Waals surface area contributed by atoms with Crippen LogP contribution in [0.5, 0.6) is 0 Å². The van der Waals surface area contributed by atoms with Crippen LogP contribution in [0.2, 0.25) is 0 Å². The zero-order valence-electron chi connectivity index (χ0n) is 18.3. The van der Waals surface area contributed by atoms with Gasteiger partial charge >= 0.3 is 0 Å². The van der Waals surface area contributed by atoms with Crippen molar-refractivity contribution in [3.8, 4) is 0 Å². The van der Waals surface area contributed by atoms with Gasteiger partial charge in [-0.15, -0.1) is 24.0 Å². The van der Waals surface area contributed by atoms with Crippen LogP contribution in [-0.4, -0.2) is 53.6 Å². The maximum absolute atomic E-state index is 4.39.